The van der Waals surface area contributed by atoms with E-state index in [2.05, 4.69) is 62.7 Å². The number of aromatic nitrogens is 1. The van der Waals surface area contributed by atoms with E-state index < -0.39 is 13.9 Å². The summed E-state index contributed by atoms with van der Waals surface area (Å²) in [6.07, 6.45) is 3.32. The fourth-order valence-electron chi connectivity index (χ4n) is 3.59. The monoisotopic (exact) mass is 507 g/mol. The van der Waals surface area contributed by atoms with Crippen LogP contribution in [-0.4, -0.2) is 31.1 Å². The third-order valence-corrected chi connectivity index (χ3v) is 11.1. The molecule has 194 valence electrons. The topological polar surface area (TPSA) is 49.7 Å². The summed E-state index contributed by atoms with van der Waals surface area (Å²) in [6, 6.07) is 18.3. The Morgan fingerprint density at radius 1 is 0.972 bits per heavy atom. The second-order valence-electron chi connectivity index (χ2n) is 11.7. The Labute approximate surface area is 217 Å². The molecule has 3 rings (SSSR count). The van der Waals surface area contributed by atoms with E-state index in [1.54, 1.807) is 0 Å². The van der Waals surface area contributed by atoms with Gasteiger partial charge < -0.3 is 18.5 Å². The third kappa shape index (κ3) is 7.58. The van der Waals surface area contributed by atoms with Gasteiger partial charge in [0.2, 0.25) is 0 Å². The smallest absolute Gasteiger partial charge is 0.331 e. The van der Waals surface area contributed by atoms with Crippen molar-refractivity contribution in [1.82, 2.24) is 4.57 Å². The van der Waals surface area contributed by atoms with Gasteiger partial charge in [0.25, 0.3) is 0 Å². The number of carbonyl (C=O) groups excluding carboxylic acids is 1. The molecule has 0 aliphatic carbocycles. The van der Waals surface area contributed by atoms with Gasteiger partial charge in [0, 0.05) is 29.2 Å². The lowest BCUT2D eigenvalue weighted by Gasteiger charge is -2.36. The van der Waals surface area contributed by atoms with Crippen LogP contribution in [0.25, 0.3) is 17.0 Å². The summed E-state index contributed by atoms with van der Waals surface area (Å²) in [5.41, 5.74) is 2.59. The average Bonchev–Trinajstić information content (AvgIpc) is 3.12. The van der Waals surface area contributed by atoms with E-state index in [0.29, 0.717) is 19.8 Å². The summed E-state index contributed by atoms with van der Waals surface area (Å²) in [4.78, 5) is 12.3. The van der Waals surface area contributed by atoms with Crippen LogP contribution in [0.15, 0.2) is 60.7 Å². The Bertz CT molecular complexity index is 1200. The highest BCUT2D eigenvalue weighted by atomic mass is 28.4. The highest BCUT2D eigenvalue weighted by Gasteiger charge is 2.36. The SMILES string of the molecule is CC(C)(C)OC(=O)C=Cc1cc2cc(OCc3ccccc3)ccc2n1CCO[Si](C)(C)C(C)(C)C. The zero-order valence-electron chi connectivity index (χ0n) is 23.1. The lowest BCUT2D eigenvalue weighted by atomic mass is 10.2. The van der Waals surface area contributed by atoms with Crippen molar-refractivity contribution in [2.24, 2.45) is 0 Å². The molecule has 0 atom stereocenters. The molecule has 0 bridgehead atoms. The van der Waals surface area contributed by atoms with Crippen molar-refractivity contribution in [3.05, 3.63) is 71.9 Å². The predicted octanol–water partition coefficient (Wildman–Crippen LogP) is 7.60. The summed E-state index contributed by atoms with van der Waals surface area (Å²) in [7, 11) is -1.86. The first kappa shape index (κ1) is 27.7. The molecule has 36 heavy (non-hydrogen) atoms. The molecular weight excluding hydrogens is 466 g/mol. The van der Waals surface area contributed by atoms with Crippen molar-refractivity contribution >= 4 is 31.3 Å². The number of rotatable bonds is 9. The van der Waals surface area contributed by atoms with E-state index in [9.17, 15) is 4.79 Å². The number of hydrogen-bond donors (Lipinski definition) is 0. The van der Waals surface area contributed by atoms with Crippen molar-refractivity contribution in [2.75, 3.05) is 6.61 Å². The Hall–Kier alpha value is -2.83. The van der Waals surface area contributed by atoms with Crippen LogP contribution in [-0.2, 0) is 27.1 Å². The van der Waals surface area contributed by atoms with Crippen molar-refractivity contribution in [3.63, 3.8) is 0 Å². The fraction of sp³-hybridized carbons (Fsp3) is 0.433. The second-order valence-corrected chi connectivity index (χ2v) is 16.5. The first-order valence-corrected chi connectivity index (χ1v) is 15.5. The Balaban J connectivity index is 1.85. The number of benzene rings is 2. The number of carbonyl (C=O) groups is 1. The third-order valence-electron chi connectivity index (χ3n) is 6.53. The molecule has 0 saturated heterocycles. The molecule has 0 unspecified atom stereocenters. The Morgan fingerprint density at radius 2 is 1.67 bits per heavy atom. The summed E-state index contributed by atoms with van der Waals surface area (Å²) in [5, 5.41) is 1.20. The van der Waals surface area contributed by atoms with Gasteiger partial charge in [0.1, 0.15) is 18.0 Å². The Morgan fingerprint density at radius 3 is 2.31 bits per heavy atom. The maximum atomic E-state index is 12.3. The van der Waals surface area contributed by atoms with E-state index in [4.69, 9.17) is 13.9 Å². The van der Waals surface area contributed by atoms with Crippen LogP contribution in [0.2, 0.25) is 18.1 Å². The summed E-state index contributed by atoms with van der Waals surface area (Å²) >= 11 is 0. The molecule has 0 aliphatic heterocycles. The van der Waals surface area contributed by atoms with Crippen molar-refractivity contribution < 1.29 is 18.7 Å². The lowest BCUT2D eigenvalue weighted by molar-refractivity contribution is -0.148. The minimum atomic E-state index is -1.86. The summed E-state index contributed by atoms with van der Waals surface area (Å²) in [5.74, 6) is 0.451. The molecule has 0 aliphatic rings. The first-order valence-electron chi connectivity index (χ1n) is 12.6. The van der Waals surface area contributed by atoms with Gasteiger partial charge in [0.15, 0.2) is 8.32 Å². The van der Waals surface area contributed by atoms with Gasteiger partial charge in [-0.2, -0.15) is 0 Å². The molecule has 3 aromatic rings. The highest BCUT2D eigenvalue weighted by Crippen LogP contribution is 2.36. The molecule has 0 radical (unpaired) electrons. The predicted molar refractivity (Wildman–Crippen MR) is 151 cm³/mol. The zero-order chi connectivity index (χ0) is 26.6. The average molecular weight is 508 g/mol. The minimum absolute atomic E-state index is 0.149. The molecule has 0 N–H and O–H groups in total. The van der Waals surface area contributed by atoms with Crippen LogP contribution < -0.4 is 4.74 Å². The molecule has 1 heterocycles. The number of hydrogen-bond acceptors (Lipinski definition) is 4. The lowest BCUT2D eigenvalue weighted by Crippen LogP contribution is -2.41. The standard InChI is InChI=1S/C30H41NO4Si/c1-29(2,3)35-28(32)17-14-25-20-24-21-26(33-22-23-12-10-9-11-13-23)15-16-27(24)31(25)18-19-34-36(7,8)30(4,5)6/h9-17,20-21H,18-19,22H2,1-8H3. The van der Waals surface area contributed by atoms with Crippen LogP contribution in [0.5, 0.6) is 5.75 Å². The van der Waals surface area contributed by atoms with Crippen molar-refractivity contribution in [3.8, 4) is 5.75 Å². The van der Waals surface area contributed by atoms with E-state index in [1.807, 2.05) is 57.2 Å². The van der Waals surface area contributed by atoms with E-state index in [1.165, 1.54) is 6.08 Å². The molecule has 0 spiro atoms. The largest absolute Gasteiger partial charge is 0.489 e. The molecule has 2 aromatic carbocycles. The number of nitrogens with zero attached hydrogens (tertiary/aromatic N) is 1. The van der Waals surface area contributed by atoms with Gasteiger partial charge in [-0.15, -0.1) is 0 Å². The first-order chi connectivity index (χ1) is 16.7. The molecule has 0 amide bonds. The molecule has 0 saturated carbocycles. The molecular formula is C30H41NO4Si. The number of ether oxygens (including phenoxy) is 2. The van der Waals surface area contributed by atoms with Gasteiger partial charge in [-0.3, -0.25) is 0 Å². The van der Waals surface area contributed by atoms with Crippen LogP contribution in [0.1, 0.15) is 52.8 Å². The number of esters is 1. The van der Waals surface area contributed by atoms with Crippen LogP contribution >= 0.6 is 0 Å². The van der Waals surface area contributed by atoms with E-state index in [0.717, 1.165) is 27.9 Å². The van der Waals surface area contributed by atoms with Gasteiger partial charge in [-0.05, 0) is 74.8 Å². The fourth-order valence-corrected chi connectivity index (χ4v) is 4.62. The molecule has 0 fully saturated rings. The minimum Gasteiger partial charge on any atom is -0.489 e. The van der Waals surface area contributed by atoms with Crippen LogP contribution in [0, 0.1) is 0 Å². The van der Waals surface area contributed by atoms with Gasteiger partial charge in [-0.25, -0.2) is 4.79 Å². The maximum Gasteiger partial charge on any atom is 0.331 e. The van der Waals surface area contributed by atoms with Crippen molar-refractivity contribution in [2.45, 2.75) is 78.4 Å². The van der Waals surface area contributed by atoms with Crippen molar-refractivity contribution in [1.29, 1.82) is 0 Å². The van der Waals surface area contributed by atoms with E-state index in [-0.39, 0.29) is 11.0 Å². The van der Waals surface area contributed by atoms with Gasteiger partial charge >= 0.3 is 5.97 Å². The molecule has 5 nitrogen and oxygen atoms in total. The van der Waals surface area contributed by atoms with Gasteiger partial charge in [-0.1, -0.05) is 51.1 Å². The maximum absolute atomic E-state index is 12.3. The quantitative estimate of drug-likeness (QED) is 0.170. The Kier molecular flexibility index (Phi) is 8.52. The van der Waals surface area contributed by atoms with Crippen LogP contribution in [0.3, 0.4) is 0 Å². The normalized spacial score (nSPS) is 12.9. The van der Waals surface area contributed by atoms with E-state index >= 15 is 0 Å². The molecule has 6 heteroatoms. The number of fused-ring (bicyclic) bond motifs is 1. The summed E-state index contributed by atoms with van der Waals surface area (Å²) < 4.78 is 20.2. The van der Waals surface area contributed by atoms with Crippen LogP contribution in [0.4, 0.5) is 0 Å². The zero-order valence-corrected chi connectivity index (χ0v) is 24.1. The highest BCUT2D eigenvalue weighted by molar-refractivity contribution is 6.74. The molecule has 1 aromatic heterocycles. The summed E-state index contributed by atoms with van der Waals surface area (Å²) in [6.45, 7) is 18.7. The second kappa shape index (κ2) is 11.1. The van der Waals surface area contributed by atoms with Gasteiger partial charge in [0.05, 0.1) is 6.61 Å².